The minimum atomic E-state index is -1.77. The molecule has 5 unspecified atom stereocenters. The minimum absolute atomic E-state index is 0.0801. The lowest BCUT2D eigenvalue weighted by Gasteiger charge is -2.39. The van der Waals surface area contributed by atoms with Crippen LogP contribution in [0.5, 0.6) is 5.75 Å². The van der Waals surface area contributed by atoms with E-state index in [4.69, 9.17) is 14.2 Å². The molecule has 0 radical (unpaired) electrons. The third-order valence-corrected chi connectivity index (χ3v) is 5.07. The van der Waals surface area contributed by atoms with Gasteiger partial charge in [0.05, 0.1) is 0 Å². The van der Waals surface area contributed by atoms with E-state index in [1.807, 2.05) is 56.3 Å². The van der Waals surface area contributed by atoms with Gasteiger partial charge in [0.15, 0.2) is 12.4 Å². The van der Waals surface area contributed by atoms with E-state index in [9.17, 15) is 25.2 Å². The lowest BCUT2D eigenvalue weighted by atomic mass is 9.99. The molecule has 1 aliphatic heterocycles. The first-order chi connectivity index (χ1) is 14.8. The van der Waals surface area contributed by atoms with Gasteiger partial charge in [-0.1, -0.05) is 50.2 Å². The molecule has 0 amide bonds. The molecule has 2 aromatic rings. The van der Waals surface area contributed by atoms with E-state index >= 15 is 0 Å². The first-order valence-corrected chi connectivity index (χ1v) is 10.2. The summed E-state index contributed by atoms with van der Waals surface area (Å²) in [5.74, 6) is -0.809. The van der Waals surface area contributed by atoms with Gasteiger partial charge in [-0.05, 0) is 11.5 Å². The average Bonchev–Trinajstić information content (AvgIpc) is 2.75. The molecule has 31 heavy (non-hydrogen) atoms. The number of ether oxygens (including phenoxy) is 3. The quantitative estimate of drug-likeness (QED) is 0.381. The fourth-order valence-electron chi connectivity index (χ4n) is 3.37. The van der Waals surface area contributed by atoms with Gasteiger partial charge in [-0.25, -0.2) is 4.79 Å². The predicted octanol–water partition coefficient (Wildman–Crippen LogP) is 0.494. The fourth-order valence-corrected chi connectivity index (χ4v) is 3.37. The lowest BCUT2D eigenvalue weighted by molar-refractivity contribution is -0.305. The van der Waals surface area contributed by atoms with Crippen molar-refractivity contribution in [3.63, 3.8) is 0 Å². The van der Waals surface area contributed by atoms with Crippen molar-refractivity contribution >= 4 is 16.7 Å². The molecule has 1 fully saturated rings. The summed E-state index contributed by atoms with van der Waals surface area (Å²) in [4.78, 5) is 11.3. The van der Waals surface area contributed by atoms with E-state index in [1.165, 1.54) is 0 Å². The van der Waals surface area contributed by atoms with Crippen molar-refractivity contribution in [2.24, 2.45) is 0 Å². The second-order valence-corrected chi connectivity index (χ2v) is 7.84. The van der Waals surface area contributed by atoms with Gasteiger partial charge >= 0.3 is 5.97 Å². The van der Waals surface area contributed by atoms with Crippen molar-refractivity contribution in [2.45, 2.75) is 56.7 Å². The van der Waals surface area contributed by atoms with E-state index in [1.54, 1.807) is 0 Å². The number of carboxylic acids is 1. The average molecular weight is 435 g/mol. The molecule has 9 nitrogen and oxygen atoms in total. The third-order valence-electron chi connectivity index (χ3n) is 5.07. The highest BCUT2D eigenvalue weighted by atomic mass is 16.7. The summed E-state index contributed by atoms with van der Waals surface area (Å²) in [5, 5.41) is 44.5. The Labute approximate surface area is 180 Å². The van der Waals surface area contributed by atoms with Gasteiger partial charge in [0.1, 0.15) is 36.8 Å². The molecule has 6 atom stereocenters. The van der Waals surface area contributed by atoms with Crippen LogP contribution in [0.15, 0.2) is 42.5 Å². The smallest absolute Gasteiger partial charge is 0.335 e. The summed E-state index contributed by atoms with van der Waals surface area (Å²) in [6.07, 6.45) is -8.93. The van der Waals surface area contributed by atoms with Crippen LogP contribution >= 0.6 is 0 Å². The Morgan fingerprint density at radius 3 is 2.48 bits per heavy atom. The van der Waals surface area contributed by atoms with Crippen LogP contribution in [-0.4, -0.2) is 82.4 Å². The highest BCUT2D eigenvalue weighted by Crippen LogP contribution is 2.26. The summed E-state index contributed by atoms with van der Waals surface area (Å²) in [7, 11) is 0. The maximum absolute atomic E-state index is 11.3. The van der Waals surface area contributed by atoms with Gasteiger partial charge in [-0.2, -0.15) is 0 Å². The predicted molar refractivity (Wildman–Crippen MR) is 112 cm³/mol. The van der Waals surface area contributed by atoms with E-state index in [0.29, 0.717) is 12.3 Å². The first kappa shape index (κ1) is 23.4. The largest absolute Gasteiger partial charge is 0.490 e. The minimum Gasteiger partial charge on any atom is -0.490 e. The Kier molecular flexibility index (Phi) is 7.82. The van der Waals surface area contributed by atoms with Crippen molar-refractivity contribution in [3.8, 4) is 5.75 Å². The maximum Gasteiger partial charge on any atom is 0.335 e. The molecular formula is C22H29NO8. The molecule has 0 spiro atoms. The zero-order valence-corrected chi connectivity index (χ0v) is 17.4. The van der Waals surface area contributed by atoms with Crippen molar-refractivity contribution in [2.75, 3.05) is 13.2 Å². The Hall–Kier alpha value is -2.27. The summed E-state index contributed by atoms with van der Waals surface area (Å²) in [5.41, 5.74) is 0. The van der Waals surface area contributed by atoms with E-state index in [-0.39, 0.29) is 12.6 Å². The Morgan fingerprint density at radius 2 is 1.77 bits per heavy atom. The number of aliphatic carboxylic acids is 1. The molecule has 0 aromatic heterocycles. The second-order valence-electron chi connectivity index (χ2n) is 7.84. The van der Waals surface area contributed by atoms with Crippen LogP contribution in [0.4, 0.5) is 0 Å². The monoisotopic (exact) mass is 435 g/mol. The van der Waals surface area contributed by atoms with Crippen molar-refractivity contribution in [1.82, 2.24) is 5.32 Å². The number of benzene rings is 2. The Balaban J connectivity index is 1.73. The SMILES string of the molecule is CC(C)NC[C@H](COc1cccc2ccccc12)OC1OC(C(=O)O)C(O)C(O)C1O. The van der Waals surface area contributed by atoms with Crippen molar-refractivity contribution < 1.29 is 39.4 Å². The zero-order valence-electron chi connectivity index (χ0n) is 17.4. The fraction of sp³-hybridized carbons (Fsp3) is 0.500. The number of fused-ring (bicyclic) bond motifs is 1. The standard InChI is InChI=1S/C22H29NO8/c1-12(2)23-10-14(11-29-16-9-5-7-13-6-3-4-8-15(13)16)30-22-19(26)17(24)18(25)20(31-22)21(27)28/h3-9,12,14,17-20,22-26H,10-11H2,1-2H3,(H,27,28)/t14-,17?,18?,19?,20?,22?/m1/s1. The molecule has 5 N–H and O–H groups in total. The van der Waals surface area contributed by atoms with Crippen LogP contribution in [-0.2, 0) is 14.3 Å². The summed E-state index contributed by atoms with van der Waals surface area (Å²) in [6, 6.07) is 13.6. The number of hydrogen-bond acceptors (Lipinski definition) is 8. The molecule has 170 valence electrons. The zero-order chi connectivity index (χ0) is 22.5. The van der Waals surface area contributed by atoms with Gasteiger partial charge in [0.2, 0.25) is 0 Å². The van der Waals surface area contributed by atoms with Crippen LogP contribution in [0.25, 0.3) is 10.8 Å². The third kappa shape index (κ3) is 5.70. The number of hydrogen-bond donors (Lipinski definition) is 5. The summed E-state index contributed by atoms with van der Waals surface area (Å²) >= 11 is 0. The van der Waals surface area contributed by atoms with Crippen LogP contribution in [0.1, 0.15) is 13.8 Å². The first-order valence-electron chi connectivity index (χ1n) is 10.2. The van der Waals surface area contributed by atoms with Gasteiger partial charge in [0.25, 0.3) is 0 Å². The van der Waals surface area contributed by atoms with Gasteiger partial charge in [0, 0.05) is 18.0 Å². The van der Waals surface area contributed by atoms with E-state index in [2.05, 4.69) is 5.32 Å². The Morgan fingerprint density at radius 1 is 1.06 bits per heavy atom. The number of carboxylic acid groups (broad SMARTS) is 1. The normalized spacial score (nSPS) is 27.4. The maximum atomic E-state index is 11.3. The van der Waals surface area contributed by atoms with Crippen molar-refractivity contribution in [3.05, 3.63) is 42.5 Å². The van der Waals surface area contributed by atoms with Crippen LogP contribution in [0.2, 0.25) is 0 Å². The molecule has 1 aliphatic rings. The molecule has 1 saturated heterocycles. The summed E-state index contributed by atoms with van der Waals surface area (Å²) < 4.78 is 17.0. The van der Waals surface area contributed by atoms with Gasteiger partial charge in [-0.15, -0.1) is 0 Å². The van der Waals surface area contributed by atoms with Crippen LogP contribution in [0.3, 0.4) is 0 Å². The van der Waals surface area contributed by atoms with Gasteiger partial charge in [-0.3, -0.25) is 0 Å². The van der Waals surface area contributed by atoms with Crippen LogP contribution < -0.4 is 10.1 Å². The number of rotatable bonds is 9. The molecular weight excluding hydrogens is 406 g/mol. The van der Waals surface area contributed by atoms with Crippen LogP contribution in [0, 0.1) is 0 Å². The number of carbonyl (C=O) groups is 1. The number of aliphatic hydroxyl groups is 3. The highest BCUT2D eigenvalue weighted by Gasteiger charge is 2.48. The molecule has 0 saturated carbocycles. The second kappa shape index (κ2) is 10.4. The molecule has 0 bridgehead atoms. The topological polar surface area (TPSA) is 138 Å². The van der Waals surface area contributed by atoms with Crippen molar-refractivity contribution in [1.29, 1.82) is 0 Å². The van der Waals surface area contributed by atoms with E-state index < -0.39 is 42.8 Å². The number of aliphatic hydroxyl groups excluding tert-OH is 3. The molecule has 3 rings (SSSR count). The highest BCUT2D eigenvalue weighted by molar-refractivity contribution is 5.88. The molecule has 1 heterocycles. The van der Waals surface area contributed by atoms with E-state index in [0.717, 1.165) is 10.8 Å². The molecule has 2 aromatic carbocycles. The molecule has 0 aliphatic carbocycles. The Bertz CT molecular complexity index is 870. The summed E-state index contributed by atoms with van der Waals surface area (Å²) in [6.45, 7) is 4.31. The lowest BCUT2D eigenvalue weighted by Crippen LogP contribution is -2.61. The number of nitrogens with one attached hydrogen (secondary N) is 1. The molecule has 9 heteroatoms. The van der Waals surface area contributed by atoms with Gasteiger partial charge < -0.3 is 40.0 Å².